The van der Waals surface area contributed by atoms with Crippen LogP contribution in [0.2, 0.25) is 0 Å². The molecule has 0 aromatic carbocycles. The third-order valence-corrected chi connectivity index (χ3v) is 3.90. The summed E-state index contributed by atoms with van der Waals surface area (Å²) in [6.45, 7) is 11.8. The summed E-state index contributed by atoms with van der Waals surface area (Å²) < 4.78 is 5.43. The first-order chi connectivity index (χ1) is 9.13. The molecule has 4 heteroatoms. The summed E-state index contributed by atoms with van der Waals surface area (Å²) in [5.74, 6) is 2.23. The third-order valence-electron chi connectivity index (χ3n) is 3.90. The second-order valence-electron chi connectivity index (χ2n) is 6.30. The van der Waals surface area contributed by atoms with Crippen molar-refractivity contribution in [2.24, 2.45) is 11.8 Å². The summed E-state index contributed by atoms with van der Waals surface area (Å²) in [4.78, 5) is 11.9. The van der Waals surface area contributed by atoms with Gasteiger partial charge in [0.25, 0.3) is 0 Å². The molecule has 0 fully saturated rings. The zero-order valence-electron chi connectivity index (χ0n) is 13.4. The molecule has 1 heterocycles. The lowest BCUT2D eigenvalue weighted by molar-refractivity contribution is -0.123. The van der Waals surface area contributed by atoms with Gasteiger partial charge in [0.15, 0.2) is 0 Å². The minimum Gasteiger partial charge on any atom is -0.466 e. The molecule has 2 atom stereocenters. The minimum atomic E-state index is -1.11. The molecule has 114 valence electrons. The molecule has 0 bridgehead atoms. The molecule has 4 nitrogen and oxygen atoms in total. The maximum atomic E-state index is 11.9. The normalized spacial score (nSPS) is 16.0. The van der Waals surface area contributed by atoms with Crippen LogP contribution in [0.3, 0.4) is 0 Å². The van der Waals surface area contributed by atoms with E-state index in [9.17, 15) is 9.90 Å². The molecular formula is C16H27NO3. The van der Waals surface area contributed by atoms with E-state index >= 15 is 0 Å². The minimum absolute atomic E-state index is 0.0238. The highest BCUT2D eigenvalue weighted by Gasteiger charge is 2.28. The number of aryl methyl sites for hydroxylation is 2. The zero-order chi connectivity index (χ0) is 15.5. The van der Waals surface area contributed by atoms with Crippen LogP contribution in [0.1, 0.15) is 51.2 Å². The molecule has 0 spiro atoms. The number of amides is 1. The number of furan rings is 1. The maximum Gasteiger partial charge on any atom is 0.220 e. The van der Waals surface area contributed by atoms with Gasteiger partial charge in [0.05, 0.1) is 6.54 Å². The standard InChI is InChI=1S/C16H27NO3/c1-10(2)11(3)7-15(18)17-9-16(6,19)14-8-12(4)20-13(14)5/h8,10-11,19H,7,9H2,1-6H3,(H,17,18). The highest BCUT2D eigenvalue weighted by Crippen LogP contribution is 2.26. The number of nitrogens with one attached hydrogen (secondary N) is 1. The van der Waals surface area contributed by atoms with Gasteiger partial charge >= 0.3 is 0 Å². The van der Waals surface area contributed by atoms with Crippen LogP contribution >= 0.6 is 0 Å². The van der Waals surface area contributed by atoms with E-state index in [1.807, 2.05) is 19.9 Å². The first kappa shape index (κ1) is 16.8. The molecule has 0 aliphatic heterocycles. The van der Waals surface area contributed by atoms with Gasteiger partial charge in [-0.2, -0.15) is 0 Å². The van der Waals surface area contributed by atoms with Crippen molar-refractivity contribution >= 4 is 5.91 Å². The first-order valence-corrected chi connectivity index (χ1v) is 7.20. The van der Waals surface area contributed by atoms with E-state index in [4.69, 9.17) is 4.42 Å². The zero-order valence-corrected chi connectivity index (χ0v) is 13.4. The van der Waals surface area contributed by atoms with Gasteiger partial charge in [-0.15, -0.1) is 0 Å². The number of carbonyl (C=O) groups excluding carboxylic acids is 1. The van der Waals surface area contributed by atoms with Crippen LogP contribution in [0.4, 0.5) is 0 Å². The van der Waals surface area contributed by atoms with Crippen molar-refractivity contribution in [1.29, 1.82) is 0 Å². The van der Waals surface area contributed by atoms with Crippen molar-refractivity contribution in [3.63, 3.8) is 0 Å². The van der Waals surface area contributed by atoms with Crippen molar-refractivity contribution in [2.45, 2.75) is 53.6 Å². The van der Waals surface area contributed by atoms with E-state index < -0.39 is 5.60 Å². The van der Waals surface area contributed by atoms with Gasteiger partial charge in [0.1, 0.15) is 17.1 Å². The van der Waals surface area contributed by atoms with Crippen LogP contribution in [0, 0.1) is 25.7 Å². The molecule has 0 aliphatic carbocycles. The lowest BCUT2D eigenvalue weighted by atomic mass is 9.93. The van der Waals surface area contributed by atoms with Crippen LogP contribution < -0.4 is 5.32 Å². The summed E-state index contributed by atoms with van der Waals surface area (Å²) >= 11 is 0. The fraction of sp³-hybridized carbons (Fsp3) is 0.688. The highest BCUT2D eigenvalue weighted by atomic mass is 16.3. The average molecular weight is 281 g/mol. The number of aliphatic hydroxyl groups is 1. The van der Waals surface area contributed by atoms with E-state index in [1.165, 1.54) is 0 Å². The summed E-state index contributed by atoms with van der Waals surface area (Å²) in [5, 5.41) is 13.3. The molecule has 1 aromatic heterocycles. The molecule has 1 aromatic rings. The lowest BCUT2D eigenvalue weighted by Crippen LogP contribution is -2.39. The Morgan fingerprint density at radius 3 is 2.45 bits per heavy atom. The Morgan fingerprint density at radius 1 is 1.40 bits per heavy atom. The predicted octanol–water partition coefficient (Wildman–Crippen LogP) is 2.90. The smallest absolute Gasteiger partial charge is 0.220 e. The molecule has 0 aliphatic rings. The fourth-order valence-electron chi connectivity index (χ4n) is 2.13. The number of hydrogen-bond donors (Lipinski definition) is 2. The van der Waals surface area contributed by atoms with Crippen molar-refractivity contribution in [3.8, 4) is 0 Å². The molecule has 2 unspecified atom stereocenters. The van der Waals surface area contributed by atoms with Gasteiger partial charge in [-0.05, 0) is 38.7 Å². The van der Waals surface area contributed by atoms with Gasteiger partial charge in [0.2, 0.25) is 5.91 Å². The number of hydrogen-bond acceptors (Lipinski definition) is 3. The molecule has 0 radical (unpaired) electrons. The van der Waals surface area contributed by atoms with Gasteiger partial charge in [-0.25, -0.2) is 0 Å². The van der Waals surface area contributed by atoms with E-state index in [0.717, 1.165) is 11.3 Å². The van der Waals surface area contributed by atoms with Crippen LogP contribution in [-0.4, -0.2) is 17.6 Å². The summed E-state index contributed by atoms with van der Waals surface area (Å²) in [6, 6.07) is 1.82. The Balaban J connectivity index is 2.60. The lowest BCUT2D eigenvalue weighted by Gasteiger charge is -2.24. The van der Waals surface area contributed by atoms with Crippen LogP contribution in [0.5, 0.6) is 0 Å². The summed E-state index contributed by atoms with van der Waals surface area (Å²) in [6.07, 6.45) is 0.483. The fourth-order valence-corrected chi connectivity index (χ4v) is 2.13. The second-order valence-corrected chi connectivity index (χ2v) is 6.30. The quantitative estimate of drug-likeness (QED) is 0.842. The van der Waals surface area contributed by atoms with Crippen molar-refractivity contribution in [1.82, 2.24) is 5.32 Å². The van der Waals surface area contributed by atoms with Gasteiger partial charge in [0, 0.05) is 12.0 Å². The Hall–Kier alpha value is -1.29. The largest absolute Gasteiger partial charge is 0.466 e. The summed E-state index contributed by atoms with van der Waals surface area (Å²) in [5.41, 5.74) is -0.384. The molecule has 1 rings (SSSR count). The van der Waals surface area contributed by atoms with E-state index in [-0.39, 0.29) is 12.5 Å². The number of carbonyl (C=O) groups is 1. The van der Waals surface area contributed by atoms with E-state index in [2.05, 4.69) is 26.1 Å². The van der Waals surface area contributed by atoms with Gasteiger partial charge < -0.3 is 14.8 Å². The van der Waals surface area contributed by atoms with Crippen molar-refractivity contribution in [3.05, 3.63) is 23.2 Å². The SMILES string of the molecule is Cc1cc(C(C)(O)CNC(=O)CC(C)C(C)C)c(C)o1. The van der Waals surface area contributed by atoms with Crippen LogP contribution in [0.25, 0.3) is 0 Å². The van der Waals surface area contributed by atoms with Crippen LogP contribution in [0.15, 0.2) is 10.5 Å². The van der Waals surface area contributed by atoms with Gasteiger partial charge in [-0.1, -0.05) is 20.8 Å². The van der Waals surface area contributed by atoms with Gasteiger partial charge in [-0.3, -0.25) is 4.79 Å². The average Bonchev–Trinajstić information content (AvgIpc) is 2.66. The topological polar surface area (TPSA) is 62.5 Å². The molecular weight excluding hydrogens is 254 g/mol. The third kappa shape index (κ3) is 4.37. The van der Waals surface area contributed by atoms with Crippen molar-refractivity contribution < 1.29 is 14.3 Å². The Kier molecular flexibility index (Phi) is 5.40. The maximum absolute atomic E-state index is 11.9. The highest BCUT2D eigenvalue weighted by molar-refractivity contribution is 5.76. The Morgan fingerprint density at radius 2 is 2.00 bits per heavy atom. The Labute approximate surface area is 121 Å². The Bertz CT molecular complexity index is 460. The van der Waals surface area contributed by atoms with E-state index in [0.29, 0.717) is 24.0 Å². The second kappa shape index (κ2) is 6.44. The number of rotatable bonds is 6. The van der Waals surface area contributed by atoms with Crippen LogP contribution in [-0.2, 0) is 10.4 Å². The monoisotopic (exact) mass is 281 g/mol. The molecule has 0 saturated heterocycles. The molecule has 2 N–H and O–H groups in total. The first-order valence-electron chi connectivity index (χ1n) is 7.20. The molecule has 1 amide bonds. The molecule has 0 saturated carbocycles. The van der Waals surface area contributed by atoms with E-state index in [1.54, 1.807) is 6.92 Å². The summed E-state index contributed by atoms with van der Waals surface area (Å²) in [7, 11) is 0. The molecule has 20 heavy (non-hydrogen) atoms. The predicted molar refractivity (Wildman–Crippen MR) is 79.4 cm³/mol. The van der Waals surface area contributed by atoms with Crippen molar-refractivity contribution in [2.75, 3.05) is 6.54 Å².